The van der Waals surface area contributed by atoms with Gasteiger partial charge in [0.15, 0.2) is 0 Å². The van der Waals surface area contributed by atoms with Crippen molar-refractivity contribution in [3.05, 3.63) is 65.7 Å². The Bertz CT molecular complexity index is 781. The highest BCUT2D eigenvalue weighted by Gasteiger charge is 2.27. The van der Waals surface area contributed by atoms with Gasteiger partial charge in [0.1, 0.15) is 11.8 Å². The van der Waals surface area contributed by atoms with Crippen LogP contribution in [0.15, 0.2) is 54.6 Å². The Labute approximate surface area is 166 Å². The van der Waals surface area contributed by atoms with E-state index in [0.29, 0.717) is 17.2 Å². The average molecular weight is 380 g/mol. The zero-order valence-electron chi connectivity index (χ0n) is 16.6. The first-order chi connectivity index (χ1) is 13.6. The summed E-state index contributed by atoms with van der Waals surface area (Å²) in [6.07, 6.45) is 3.06. The largest absolute Gasteiger partial charge is 0.497 e. The van der Waals surface area contributed by atoms with Gasteiger partial charge in [-0.05, 0) is 61.9 Å². The van der Waals surface area contributed by atoms with E-state index in [1.807, 2.05) is 11.0 Å². The van der Waals surface area contributed by atoms with Crippen molar-refractivity contribution in [1.82, 2.24) is 10.2 Å². The summed E-state index contributed by atoms with van der Waals surface area (Å²) in [5.74, 6) is 1.04. The summed E-state index contributed by atoms with van der Waals surface area (Å²) in [5, 5.41) is 2.81. The van der Waals surface area contributed by atoms with E-state index in [4.69, 9.17) is 4.74 Å². The first kappa shape index (κ1) is 19.9. The van der Waals surface area contributed by atoms with E-state index < -0.39 is 6.04 Å². The minimum atomic E-state index is -0.541. The lowest BCUT2D eigenvalue weighted by Gasteiger charge is -2.33. The molecule has 1 aliphatic heterocycles. The van der Waals surface area contributed by atoms with Gasteiger partial charge in [0.05, 0.1) is 7.11 Å². The number of likely N-dealkylation sites (tertiary alicyclic amines) is 1. The van der Waals surface area contributed by atoms with Crippen molar-refractivity contribution in [2.75, 3.05) is 20.2 Å². The number of rotatable bonds is 6. The Kier molecular flexibility index (Phi) is 6.69. The summed E-state index contributed by atoms with van der Waals surface area (Å²) in [5.41, 5.74) is 1.87. The second-order valence-electron chi connectivity index (χ2n) is 7.38. The molecule has 2 aromatic carbocycles. The van der Waals surface area contributed by atoms with E-state index in [2.05, 4.69) is 29.6 Å². The monoisotopic (exact) mass is 380 g/mol. The molecule has 148 valence electrons. The maximum Gasteiger partial charge on any atom is 0.251 e. The summed E-state index contributed by atoms with van der Waals surface area (Å²) in [6, 6.07) is 16.8. The molecular weight excluding hydrogens is 352 g/mol. The third kappa shape index (κ3) is 5.12. The number of benzene rings is 2. The second kappa shape index (κ2) is 9.40. The van der Waals surface area contributed by atoms with Crippen molar-refractivity contribution in [3.8, 4) is 5.75 Å². The molecule has 0 saturated carbocycles. The standard InChI is InChI=1S/C23H28N2O3/c1-17(24-22(26)20-8-10-21(28-2)11-9-20)23(27)25-14-12-19(13-15-25)16-18-6-4-3-5-7-18/h3-11,17,19H,12-16H2,1-2H3,(H,24,26)/t17-/m0/s1. The van der Waals surface area contributed by atoms with Crippen LogP contribution in [0.5, 0.6) is 5.75 Å². The van der Waals surface area contributed by atoms with E-state index in [1.165, 1.54) is 5.56 Å². The molecule has 5 heteroatoms. The Hall–Kier alpha value is -2.82. The van der Waals surface area contributed by atoms with Crippen LogP contribution in [0.25, 0.3) is 0 Å². The fourth-order valence-corrected chi connectivity index (χ4v) is 3.66. The van der Waals surface area contributed by atoms with Crippen molar-refractivity contribution in [1.29, 1.82) is 0 Å². The van der Waals surface area contributed by atoms with Crippen LogP contribution in [-0.4, -0.2) is 43.0 Å². The molecule has 2 amide bonds. The van der Waals surface area contributed by atoms with Crippen LogP contribution in [0, 0.1) is 5.92 Å². The van der Waals surface area contributed by atoms with Crippen LogP contribution in [0.3, 0.4) is 0 Å². The minimum Gasteiger partial charge on any atom is -0.497 e. The molecular formula is C23H28N2O3. The third-order valence-electron chi connectivity index (χ3n) is 5.36. The number of carbonyl (C=O) groups excluding carboxylic acids is 2. The Morgan fingerprint density at radius 1 is 1.07 bits per heavy atom. The van der Waals surface area contributed by atoms with E-state index in [0.717, 1.165) is 32.4 Å². The third-order valence-corrected chi connectivity index (χ3v) is 5.36. The lowest BCUT2D eigenvalue weighted by atomic mass is 9.90. The maximum absolute atomic E-state index is 12.7. The normalized spacial score (nSPS) is 15.7. The first-order valence-electron chi connectivity index (χ1n) is 9.84. The van der Waals surface area contributed by atoms with Gasteiger partial charge in [0.2, 0.25) is 5.91 Å². The highest BCUT2D eigenvalue weighted by atomic mass is 16.5. The SMILES string of the molecule is COc1ccc(C(=O)N[C@@H](C)C(=O)N2CCC(Cc3ccccc3)CC2)cc1. The number of methoxy groups -OCH3 is 1. The highest BCUT2D eigenvalue weighted by Crippen LogP contribution is 2.22. The van der Waals surface area contributed by atoms with Crippen molar-refractivity contribution in [2.45, 2.75) is 32.2 Å². The lowest BCUT2D eigenvalue weighted by molar-refractivity contribution is -0.134. The van der Waals surface area contributed by atoms with Crippen LogP contribution in [0.1, 0.15) is 35.7 Å². The molecule has 2 aromatic rings. The Morgan fingerprint density at radius 3 is 2.32 bits per heavy atom. The maximum atomic E-state index is 12.7. The molecule has 0 spiro atoms. The zero-order chi connectivity index (χ0) is 19.9. The predicted octanol–water partition coefficient (Wildman–Crippen LogP) is 3.29. The molecule has 28 heavy (non-hydrogen) atoms. The van der Waals surface area contributed by atoms with Gasteiger partial charge in [0.25, 0.3) is 5.91 Å². The molecule has 0 bridgehead atoms. The van der Waals surface area contributed by atoms with Gasteiger partial charge in [-0.2, -0.15) is 0 Å². The molecule has 3 rings (SSSR count). The predicted molar refractivity (Wildman–Crippen MR) is 109 cm³/mol. The van der Waals surface area contributed by atoms with Gasteiger partial charge in [0, 0.05) is 18.7 Å². The highest BCUT2D eigenvalue weighted by molar-refractivity contribution is 5.97. The number of piperidine rings is 1. The lowest BCUT2D eigenvalue weighted by Crippen LogP contribution is -2.49. The van der Waals surface area contributed by atoms with E-state index >= 15 is 0 Å². The molecule has 0 aromatic heterocycles. The average Bonchev–Trinajstić information content (AvgIpc) is 2.74. The van der Waals surface area contributed by atoms with Gasteiger partial charge in [-0.1, -0.05) is 30.3 Å². The van der Waals surface area contributed by atoms with Crippen LogP contribution in [-0.2, 0) is 11.2 Å². The van der Waals surface area contributed by atoms with Gasteiger partial charge in [-0.25, -0.2) is 0 Å². The minimum absolute atomic E-state index is 0.0139. The number of hydrogen-bond acceptors (Lipinski definition) is 3. The molecule has 0 radical (unpaired) electrons. The second-order valence-corrected chi connectivity index (χ2v) is 7.38. The fraction of sp³-hybridized carbons (Fsp3) is 0.391. The summed E-state index contributed by atoms with van der Waals surface area (Å²) >= 11 is 0. The number of nitrogens with one attached hydrogen (secondary N) is 1. The molecule has 5 nitrogen and oxygen atoms in total. The molecule has 1 N–H and O–H groups in total. The first-order valence-corrected chi connectivity index (χ1v) is 9.84. The van der Waals surface area contributed by atoms with Crippen LogP contribution in [0.2, 0.25) is 0 Å². The quantitative estimate of drug-likeness (QED) is 0.837. The van der Waals surface area contributed by atoms with E-state index in [1.54, 1.807) is 38.3 Å². The van der Waals surface area contributed by atoms with Crippen molar-refractivity contribution in [3.63, 3.8) is 0 Å². The number of carbonyl (C=O) groups is 2. The van der Waals surface area contributed by atoms with Crippen LogP contribution in [0.4, 0.5) is 0 Å². The Balaban J connectivity index is 1.47. The van der Waals surface area contributed by atoms with Gasteiger partial charge in [-0.3, -0.25) is 9.59 Å². The number of nitrogens with zero attached hydrogens (tertiary/aromatic N) is 1. The molecule has 0 unspecified atom stereocenters. The summed E-state index contributed by atoms with van der Waals surface area (Å²) < 4.78 is 5.10. The Morgan fingerprint density at radius 2 is 1.71 bits per heavy atom. The molecule has 1 atom stereocenters. The van der Waals surface area contributed by atoms with Crippen LogP contribution < -0.4 is 10.1 Å². The topological polar surface area (TPSA) is 58.6 Å². The van der Waals surface area contributed by atoms with Crippen molar-refractivity contribution < 1.29 is 14.3 Å². The fourth-order valence-electron chi connectivity index (χ4n) is 3.66. The molecule has 1 fully saturated rings. The number of amides is 2. The molecule has 1 aliphatic rings. The molecule has 1 saturated heterocycles. The summed E-state index contributed by atoms with van der Waals surface area (Å²) in [7, 11) is 1.58. The number of ether oxygens (including phenoxy) is 1. The summed E-state index contributed by atoms with van der Waals surface area (Å²) in [6.45, 7) is 3.25. The smallest absolute Gasteiger partial charge is 0.251 e. The molecule has 0 aliphatic carbocycles. The van der Waals surface area contributed by atoms with E-state index in [-0.39, 0.29) is 11.8 Å². The number of hydrogen-bond donors (Lipinski definition) is 1. The van der Waals surface area contributed by atoms with Gasteiger partial charge in [-0.15, -0.1) is 0 Å². The molecule has 1 heterocycles. The van der Waals surface area contributed by atoms with Gasteiger partial charge >= 0.3 is 0 Å². The van der Waals surface area contributed by atoms with Gasteiger partial charge < -0.3 is 15.0 Å². The zero-order valence-corrected chi connectivity index (χ0v) is 16.6. The van der Waals surface area contributed by atoms with Crippen LogP contribution >= 0.6 is 0 Å². The van der Waals surface area contributed by atoms with Crippen molar-refractivity contribution in [2.24, 2.45) is 5.92 Å². The van der Waals surface area contributed by atoms with E-state index in [9.17, 15) is 9.59 Å². The summed E-state index contributed by atoms with van der Waals surface area (Å²) in [4.78, 5) is 27.0. The van der Waals surface area contributed by atoms with Crippen molar-refractivity contribution >= 4 is 11.8 Å².